The summed E-state index contributed by atoms with van der Waals surface area (Å²) in [6.07, 6.45) is 0. The summed E-state index contributed by atoms with van der Waals surface area (Å²) in [4.78, 5) is 0. The van der Waals surface area contributed by atoms with Gasteiger partial charge in [-0.3, -0.25) is 0 Å². The van der Waals surface area contributed by atoms with Crippen molar-refractivity contribution in [3.05, 3.63) is 15.4 Å². The minimum atomic E-state index is -0.421. The van der Waals surface area contributed by atoms with Gasteiger partial charge < -0.3 is 9.31 Å². The van der Waals surface area contributed by atoms with Gasteiger partial charge in [0.15, 0.2) is 0 Å². The minimum Gasteiger partial charge on any atom is -0.399 e. The van der Waals surface area contributed by atoms with Gasteiger partial charge in [0.1, 0.15) is 0 Å². The van der Waals surface area contributed by atoms with E-state index >= 15 is 0 Å². The zero-order chi connectivity index (χ0) is 12.1. The highest BCUT2D eigenvalue weighted by molar-refractivity contribution is 7.22. The van der Waals surface area contributed by atoms with Crippen molar-refractivity contribution in [2.45, 2.75) is 38.9 Å². The van der Waals surface area contributed by atoms with Crippen molar-refractivity contribution in [1.82, 2.24) is 0 Å². The molecule has 0 aliphatic carbocycles. The van der Waals surface area contributed by atoms with E-state index in [2.05, 4.69) is 0 Å². The maximum absolute atomic E-state index is 6.09. The predicted molar refractivity (Wildman–Crippen MR) is 70.1 cm³/mol. The van der Waals surface area contributed by atoms with Gasteiger partial charge in [0.25, 0.3) is 0 Å². The first-order chi connectivity index (χ1) is 7.24. The molecule has 1 saturated heterocycles. The van der Waals surface area contributed by atoms with Gasteiger partial charge in [-0.05, 0) is 27.7 Å². The molecule has 1 aromatic heterocycles. The SMILES string of the molecule is CC1(C)OB(c2scc(Cl)c2Cl)OC1(C)C. The highest BCUT2D eigenvalue weighted by Gasteiger charge is 2.52. The first kappa shape index (κ1) is 12.7. The largest absolute Gasteiger partial charge is 0.507 e. The third kappa shape index (κ3) is 1.91. The van der Waals surface area contributed by atoms with Crippen LogP contribution in [0.15, 0.2) is 5.38 Å². The topological polar surface area (TPSA) is 18.5 Å². The smallest absolute Gasteiger partial charge is 0.399 e. The molecule has 2 rings (SSSR count). The van der Waals surface area contributed by atoms with E-state index in [0.29, 0.717) is 10.0 Å². The van der Waals surface area contributed by atoms with Crippen molar-refractivity contribution in [2.75, 3.05) is 0 Å². The zero-order valence-electron chi connectivity index (χ0n) is 9.64. The molecule has 0 saturated carbocycles. The van der Waals surface area contributed by atoms with Crippen molar-refractivity contribution >= 4 is 46.4 Å². The maximum Gasteiger partial charge on any atom is 0.507 e. The number of thiophene rings is 1. The van der Waals surface area contributed by atoms with Gasteiger partial charge in [0, 0.05) is 5.38 Å². The van der Waals surface area contributed by atoms with E-state index in [1.807, 2.05) is 27.7 Å². The average Bonchev–Trinajstić information content (AvgIpc) is 2.54. The standard InChI is InChI=1S/C10H13BCl2O2S/c1-9(2)10(3,4)15-11(14-9)8-7(13)6(12)5-16-8/h5H,1-4H3. The fourth-order valence-corrected chi connectivity index (χ4v) is 2.85. The molecule has 0 atom stereocenters. The molecule has 2 nitrogen and oxygen atoms in total. The Morgan fingerprint density at radius 2 is 1.62 bits per heavy atom. The Morgan fingerprint density at radius 3 is 2.00 bits per heavy atom. The van der Waals surface area contributed by atoms with Gasteiger partial charge in [-0.2, -0.15) is 0 Å². The molecule has 1 aromatic rings. The van der Waals surface area contributed by atoms with Gasteiger partial charge in [-0.1, -0.05) is 23.2 Å². The minimum absolute atomic E-state index is 0.350. The summed E-state index contributed by atoms with van der Waals surface area (Å²) in [5.41, 5.74) is -0.699. The van der Waals surface area contributed by atoms with Crippen molar-refractivity contribution < 1.29 is 9.31 Å². The van der Waals surface area contributed by atoms with E-state index < -0.39 is 7.12 Å². The van der Waals surface area contributed by atoms with E-state index in [9.17, 15) is 0 Å². The molecule has 0 bridgehead atoms. The molecule has 16 heavy (non-hydrogen) atoms. The average molecular weight is 279 g/mol. The lowest BCUT2D eigenvalue weighted by Gasteiger charge is -2.32. The molecular weight excluding hydrogens is 266 g/mol. The molecule has 0 aromatic carbocycles. The Hall–Kier alpha value is 0.265. The van der Waals surface area contributed by atoms with E-state index in [1.165, 1.54) is 11.3 Å². The molecule has 88 valence electrons. The Bertz CT molecular complexity index is 401. The van der Waals surface area contributed by atoms with Crippen LogP contribution in [0.1, 0.15) is 27.7 Å². The molecule has 0 radical (unpaired) electrons. The Balaban J connectivity index is 2.30. The quantitative estimate of drug-likeness (QED) is 0.734. The maximum atomic E-state index is 6.09. The molecule has 0 amide bonds. The van der Waals surface area contributed by atoms with E-state index in [0.717, 1.165) is 4.78 Å². The molecular formula is C10H13BCl2O2S. The lowest BCUT2D eigenvalue weighted by molar-refractivity contribution is 0.00578. The van der Waals surface area contributed by atoms with Crippen LogP contribution in [0, 0.1) is 0 Å². The van der Waals surface area contributed by atoms with Crippen LogP contribution in [0.4, 0.5) is 0 Å². The highest BCUT2D eigenvalue weighted by Crippen LogP contribution is 2.38. The normalized spacial score (nSPS) is 22.8. The lowest BCUT2D eigenvalue weighted by Crippen LogP contribution is -2.41. The van der Waals surface area contributed by atoms with Crippen molar-refractivity contribution in [2.24, 2.45) is 0 Å². The monoisotopic (exact) mass is 278 g/mol. The molecule has 0 unspecified atom stereocenters. The lowest BCUT2D eigenvalue weighted by atomic mass is 9.88. The van der Waals surface area contributed by atoms with Gasteiger partial charge in [0.2, 0.25) is 0 Å². The number of halogens is 2. The third-order valence-electron chi connectivity index (χ3n) is 3.18. The molecule has 2 heterocycles. The van der Waals surface area contributed by atoms with E-state index in [-0.39, 0.29) is 11.2 Å². The van der Waals surface area contributed by atoms with Crippen LogP contribution in [0.3, 0.4) is 0 Å². The Kier molecular flexibility index (Phi) is 3.09. The second-order valence-electron chi connectivity index (χ2n) is 4.85. The molecule has 1 aliphatic rings. The summed E-state index contributed by atoms with van der Waals surface area (Å²) in [5, 5.41) is 2.88. The Morgan fingerprint density at radius 1 is 1.12 bits per heavy atom. The first-order valence-electron chi connectivity index (χ1n) is 5.02. The molecule has 1 aliphatic heterocycles. The van der Waals surface area contributed by atoms with Gasteiger partial charge >= 0.3 is 7.12 Å². The second-order valence-corrected chi connectivity index (χ2v) is 6.55. The highest BCUT2D eigenvalue weighted by atomic mass is 35.5. The fraction of sp³-hybridized carbons (Fsp3) is 0.600. The van der Waals surface area contributed by atoms with Crippen molar-refractivity contribution in [1.29, 1.82) is 0 Å². The number of rotatable bonds is 1. The summed E-state index contributed by atoms with van der Waals surface area (Å²) in [6.45, 7) is 8.04. The van der Waals surface area contributed by atoms with Gasteiger partial charge in [-0.25, -0.2) is 0 Å². The molecule has 0 spiro atoms. The predicted octanol–water partition coefficient (Wildman–Crippen LogP) is 3.35. The summed E-state index contributed by atoms with van der Waals surface area (Å²) in [7, 11) is -0.421. The van der Waals surface area contributed by atoms with Crippen LogP contribution in [0.2, 0.25) is 10.0 Å². The molecule has 6 heteroatoms. The summed E-state index contributed by atoms with van der Waals surface area (Å²) >= 11 is 13.5. The summed E-state index contributed by atoms with van der Waals surface area (Å²) in [5.74, 6) is 0. The second kappa shape index (κ2) is 3.89. The Labute approximate surface area is 110 Å². The third-order valence-corrected chi connectivity index (χ3v) is 5.23. The summed E-state index contributed by atoms with van der Waals surface area (Å²) in [6, 6.07) is 0. The van der Waals surface area contributed by atoms with E-state index in [4.69, 9.17) is 32.5 Å². The number of hydrogen-bond donors (Lipinski definition) is 0. The van der Waals surface area contributed by atoms with Crippen LogP contribution >= 0.6 is 34.5 Å². The number of hydrogen-bond acceptors (Lipinski definition) is 3. The molecule has 1 fully saturated rings. The van der Waals surface area contributed by atoms with Gasteiger partial charge in [0.05, 0.1) is 26.0 Å². The van der Waals surface area contributed by atoms with Crippen LogP contribution < -0.4 is 4.78 Å². The van der Waals surface area contributed by atoms with Crippen molar-refractivity contribution in [3.8, 4) is 0 Å². The van der Waals surface area contributed by atoms with Crippen LogP contribution in [0.5, 0.6) is 0 Å². The fourth-order valence-electron chi connectivity index (χ4n) is 1.45. The zero-order valence-corrected chi connectivity index (χ0v) is 12.0. The van der Waals surface area contributed by atoms with Crippen LogP contribution in [-0.4, -0.2) is 18.3 Å². The van der Waals surface area contributed by atoms with Crippen molar-refractivity contribution in [3.63, 3.8) is 0 Å². The first-order valence-corrected chi connectivity index (χ1v) is 6.66. The summed E-state index contributed by atoms with van der Waals surface area (Å²) < 4.78 is 12.6. The van der Waals surface area contributed by atoms with Crippen LogP contribution in [0.25, 0.3) is 0 Å². The van der Waals surface area contributed by atoms with E-state index in [1.54, 1.807) is 5.38 Å². The van der Waals surface area contributed by atoms with Gasteiger partial charge in [-0.15, -0.1) is 11.3 Å². The van der Waals surface area contributed by atoms with Crippen LogP contribution in [-0.2, 0) is 9.31 Å². The molecule has 0 N–H and O–H groups in total.